The Bertz CT molecular complexity index is 1080. The van der Waals surface area contributed by atoms with Gasteiger partial charge in [-0.2, -0.15) is 0 Å². The van der Waals surface area contributed by atoms with Crippen LogP contribution in [-0.2, 0) is 0 Å². The van der Waals surface area contributed by atoms with Crippen molar-refractivity contribution >= 4 is 22.7 Å². The highest BCUT2D eigenvalue weighted by Crippen LogP contribution is 2.34. The molecule has 2 saturated heterocycles. The molecule has 9 heteroatoms. The SMILES string of the molecule is O=C(c1cc2cc(F)c(F)cc2[nH]1)N1CC[C@H]2[C@H]1CCN2C(=O)c1cncnc1. The molecular weight excluding hydrogens is 380 g/mol. The molecule has 2 aliphatic heterocycles. The van der Waals surface area contributed by atoms with Crippen molar-refractivity contribution in [3.63, 3.8) is 0 Å². The van der Waals surface area contributed by atoms with Gasteiger partial charge in [-0.3, -0.25) is 9.59 Å². The number of hydrogen-bond donors (Lipinski definition) is 1. The molecule has 3 aromatic rings. The number of aromatic nitrogens is 3. The van der Waals surface area contributed by atoms with Gasteiger partial charge in [0.25, 0.3) is 11.8 Å². The quantitative estimate of drug-likeness (QED) is 0.720. The second-order valence-corrected chi connectivity index (χ2v) is 7.37. The normalized spacial score (nSPS) is 21.0. The van der Waals surface area contributed by atoms with Crippen LogP contribution in [0, 0.1) is 11.6 Å². The number of carbonyl (C=O) groups excluding carboxylic acids is 2. The van der Waals surface area contributed by atoms with Crippen LogP contribution in [0.5, 0.6) is 0 Å². The first kappa shape index (κ1) is 17.7. The molecule has 0 unspecified atom stereocenters. The Morgan fingerprint density at radius 1 is 0.931 bits per heavy atom. The number of carbonyl (C=O) groups is 2. The molecule has 0 aliphatic carbocycles. The summed E-state index contributed by atoms with van der Waals surface area (Å²) in [6.07, 6.45) is 5.71. The second-order valence-electron chi connectivity index (χ2n) is 7.37. The molecule has 2 amide bonds. The largest absolute Gasteiger partial charge is 0.350 e. The van der Waals surface area contributed by atoms with Crippen molar-refractivity contribution in [1.82, 2.24) is 24.8 Å². The predicted octanol–water partition coefficient (Wildman–Crippen LogP) is 2.37. The van der Waals surface area contributed by atoms with Gasteiger partial charge in [0, 0.05) is 42.5 Å². The first-order valence-corrected chi connectivity index (χ1v) is 9.37. The fourth-order valence-corrected chi connectivity index (χ4v) is 4.46. The minimum absolute atomic E-state index is 0.0640. The number of fused-ring (bicyclic) bond motifs is 2. The lowest BCUT2D eigenvalue weighted by atomic mass is 10.1. The molecule has 2 aromatic heterocycles. The third-order valence-corrected chi connectivity index (χ3v) is 5.80. The Balaban J connectivity index is 1.37. The summed E-state index contributed by atoms with van der Waals surface area (Å²) in [5, 5.41) is 0.440. The topological polar surface area (TPSA) is 82.2 Å². The summed E-state index contributed by atoms with van der Waals surface area (Å²) < 4.78 is 26.9. The van der Waals surface area contributed by atoms with E-state index >= 15 is 0 Å². The molecule has 4 heterocycles. The van der Waals surface area contributed by atoms with Crippen molar-refractivity contribution < 1.29 is 18.4 Å². The predicted molar refractivity (Wildman–Crippen MR) is 99.1 cm³/mol. The third kappa shape index (κ3) is 2.84. The van der Waals surface area contributed by atoms with E-state index in [-0.39, 0.29) is 29.6 Å². The van der Waals surface area contributed by atoms with Crippen molar-refractivity contribution in [2.75, 3.05) is 13.1 Å². The molecule has 0 bridgehead atoms. The van der Waals surface area contributed by atoms with Crippen molar-refractivity contribution in [3.8, 4) is 0 Å². The van der Waals surface area contributed by atoms with Crippen molar-refractivity contribution in [1.29, 1.82) is 0 Å². The van der Waals surface area contributed by atoms with Crippen LogP contribution >= 0.6 is 0 Å². The Kier molecular flexibility index (Phi) is 4.04. The average Bonchev–Trinajstić information content (AvgIpc) is 3.43. The number of hydrogen-bond acceptors (Lipinski definition) is 4. The summed E-state index contributed by atoms with van der Waals surface area (Å²) in [5.41, 5.74) is 1.08. The first-order valence-electron chi connectivity index (χ1n) is 9.37. The van der Waals surface area contributed by atoms with Crippen molar-refractivity contribution in [2.24, 2.45) is 0 Å². The summed E-state index contributed by atoms with van der Waals surface area (Å²) >= 11 is 0. The van der Waals surface area contributed by atoms with E-state index in [0.717, 1.165) is 12.1 Å². The van der Waals surface area contributed by atoms with E-state index in [2.05, 4.69) is 15.0 Å². The molecule has 7 nitrogen and oxygen atoms in total. The van der Waals surface area contributed by atoms with E-state index in [4.69, 9.17) is 0 Å². The molecule has 0 radical (unpaired) electrons. The van der Waals surface area contributed by atoms with Gasteiger partial charge in [-0.25, -0.2) is 18.7 Å². The fraction of sp³-hybridized carbons (Fsp3) is 0.300. The lowest BCUT2D eigenvalue weighted by molar-refractivity contribution is 0.0688. The number of H-pyrrole nitrogens is 1. The number of amides is 2. The molecule has 29 heavy (non-hydrogen) atoms. The van der Waals surface area contributed by atoms with Gasteiger partial charge in [0.1, 0.15) is 12.0 Å². The third-order valence-electron chi connectivity index (χ3n) is 5.80. The van der Waals surface area contributed by atoms with E-state index < -0.39 is 11.6 Å². The maximum atomic E-state index is 13.5. The Morgan fingerprint density at radius 2 is 1.55 bits per heavy atom. The van der Waals surface area contributed by atoms with Gasteiger partial charge in [0.05, 0.1) is 17.6 Å². The van der Waals surface area contributed by atoms with Crippen molar-refractivity contribution in [3.05, 3.63) is 59.8 Å². The molecule has 2 fully saturated rings. The van der Waals surface area contributed by atoms with Gasteiger partial charge in [-0.05, 0) is 25.0 Å². The fourth-order valence-electron chi connectivity index (χ4n) is 4.46. The van der Waals surface area contributed by atoms with Crippen LogP contribution in [0.25, 0.3) is 10.9 Å². The summed E-state index contributed by atoms with van der Waals surface area (Å²) in [5.74, 6) is -2.28. The van der Waals surface area contributed by atoms with Crippen LogP contribution in [0.3, 0.4) is 0 Å². The Hall–Kier alpha value is -3.36. The van der Waals surface area contributed by atoms with Crippen LogP contribution in [0.1, 0.15) is 33.7 Å². The number of halogens is 2. The second kappa shape index (κ2) is 6.61. The van der Waals surface area contributed by atoms with Crippen molar-refractivity contribution in [2.45, 2.75) is 24.9 Å². The summed E-state index contributed by atoms with van der Waals surface area (Å²) in [6, 6.07) is 3.50. The molecule has 148 valence electrons. The van der Waals surface area contributed by atoms with Gasteiger partial charge < -0.3 is 14.8 Å². The molecule has 0 spiro atoms. The van der Waals surface area contributed by atoms with Gasteiger partial charge in [-0.1, -0.05) is 0 Å². The average molecular weight is 397 g/mol. The zero-order chi connectivity index (χ0) is 20.1. The highest BCUT2D eigenvalue weighted by atomic mass is 19.2. The smallest absolute Gasteiger partial charge is 0.270 e. The van der Waals surface area contributed by atoms with Crippen LogP contribution in [0.4, 0.5) is 8.78 Å². The number of nitrogens with one attached hydrogen (secondary N) is 1. The molecule has 2 aliphatic rings. The number of likely N-dealkylation sites (tertiary alicyclic amines) is 2. The van der Waals surface area contributed by atoms with Crippen LogP contribution in [0.15, 0.2) is 36.9 Å². The maximum Gasteiger partial charge on any atom is 0.270 e. The molecule has 1 N–H and O–H groups in total. The number of aromatic amines is 1. The highest BCUT2D eigenvalue weighted by Gasteiger charge is 2.46. The molecular formula is C20H17F2N5O2. The molecule has 1 aromatic carbocycles. The summed E-state index contributed by atoms with van der Waals surface area (Å²) in [4.78, 5) is 40.1. The minimum atomic E-state index is -0.963. The standard InChI is InChI=1S/C20H17F2N5O2/c21-13-5-11-6-16(25-15(11)7-14(13)22)20(29)27-4-2-17-18(27)1-3-26(17)19(28)12-8-23-10-24-9-12/h5-10,17-18,25H,1-4H2/t17-,18+/m0/s1. The zero-order valence-corrected chi connectivity index (χ0v) is 15.3. The number of benzene rings is 1. The van der Waals surface area contributed by atoms with Gasteiger partial charge in [0.2, 0.25) is 0 Å². The minimum Gasteiger partial charge on any atom is -0.350 e. The van der Waals surface area contributed by atoms with Crippen LogP contribution in [-0.4, -0.2) is 61.7 Å². The van der Waals surface area contributed by atoms with Gasteiger partial charge in [-0.15, -0.1) is 0 Å². The van der Waals surface area contributed by atoms with E-state index in [1.54, 1.807) is 9.80 Å². The highest BCUT2D eigenvalue weighted by molar-refractivity contribution is 5.99. The van der Waals surface area contributed by atoms with E-state index in [1.165, 1.54) is 24.8 Å². The number of nitrogens with zero attached hydrogens (tertiary/aromatic N) is 4. The Labute approximate surface area is 164 Å². The van der Waals surface area contributed by atoms with Crippen LogP contribution in [0.2, 0.25) is 0 Å². The molecule has 0 saturated carbocycles. The maximum absolute atomic E-state index is 13.5. The summed E-state index contributed by atoms with van der Waals surface area (Å²) in [6.45, 7) is 1.07. The molecule has 2 atom stereocenters. The monoisotopic (exact) mass is 397 g/mol. The van der Waals surface area contributed by atoms with E-state index in [9.17, 15) is 18.4 Å². The van der Waals surface area contributed by atoms with Gasteiger partial charge >= 0.3 is 0 Å². The van der Waals surface area contributed by atoms with E-state index in [1.807, 2.05) is 0 Å². The van der Waals surface area contributed by atoms with E-state index in [0.29, 0.717) is 42.4 Å². The Morgan fingerprint density at radius 3 is 2.24 bits per heavy atom. The number of rotatable bonds is 2. The van der Waals surface area contributed by atoms with Crippen LogP contribution < -0.4 is 0 Å². The lowest BCUT2D eigenvalue weighted by Crippen LogP contribution is -2.41. The summed E-state index contributed by atoms with van der Waals surface area (Å²) in [7, 11) is 0. The molecule has 5 rings (SSSR count). The van der Waals surface area contributed by atoms with Gasteiger partial charge in [0.15, 0.2) is 11.6 Å². The zero-order valence-electron chi connectivity index (χ0n) is 15.3. The first-order chi connectivity index (χ1) is 14.0. The lowest BCUT2D eigenvalue weighted by Gasteiger charge is -2.25.